The van der Waals surface area contributed by atoms with Gasteiger partial charge in [-0.3, -0.25) is 4.99 Å². The number of carbonyl (C=O) groups excluding carboxylic acids is 1. The molecule has 5 nitrogen and oxygen atoms in total. The van der Waals surface area contributed by atoms with Crippen LogP contribution in [-0.2, 0) is 0 Å². The van der Waals surface area contributed by atoms with Gasteiger partial charge in [0.2, 0.25) is 0 Å². The van der Waals surface area contributed by atoms with Gasteiger partial charge in [0.15, 0.2) is 0 Å². The maximum absolute atomic E-state index is 11.3. The zero-order chi connectivity index (χ0) is 16.8. The van der Waals surface area contributed by atoms with Gasteiger partial charge < -0.3 is 14.8 Å². The van der Waals surface area contributed by atoms with Crippen LogP contribution < -0.4 is 14.8 Å². The monoisotopic (exact) mass is 312 g/mol. The molecule has 0 heterocycles. The number of nitrogens with one attached hydrogen (secondary N) is 1. The molecule has 0 radical (unpaired) electrons. The Labute approximate surface area is 136 Å². The average Bonchev–Trinajstić information content (AvgIpc) is 2.54. The van der Waals surface area contributed by atoms with E-state index in [1.165, 1.54) is 7.05 Å². The van der Waals surface area contributed by atoms with Crippen molar-refractivity contribution in [2.24, 2.45) is 4.99 Å². The molecule has 0 saturated carbocycles. The van der Waals surface area contributed by atoms with E-state index in [-0.39, 0.29) is 0 Å². The second kappa shape index (κ2) is 7.45. The molecule has 120 valence electrons. The normalized spacial score (nSPS) is 10.6. The lowest BCUT2D eigenvalue weighted by molar-refractivity contribution is 0.203. The van der Waals surface area contributed by atoms with E-state index >= 15 is 0 Å². The van der Waals surface area contributed by atoms with Gasteiger partial charge in [0.1, 0.15) is 11.5 Å². The molecule has 2 aromatic carbocycles. The number of para-hydroxylation sites is 1. The molecule has 0 unspecified atom stereocenters. The summed E-state index contributed by atoms with van der Waals surface area (Å²) >= 11 is 0. The summed E-state index contributed by atoms with van der Waals surface area (Å²) in [7, 11) is 3.15. The summed E-state index contributed by atoms with van der Waals surface area (Å²) in [6, 6.07) is 11.3. The number of nitrogens with zero attached hydrogens (tertiary/aromatic N) is 1. The Kier molecular flexibility index (Phi) is 5.36. The molecule has 0 aromatic heterocycles. The highest BCUT2D eigenvalue weighted by molar-refractivity contribution is 5.86. The third-order valence-corrected chi connectivity index (χ3v) is 3.35. The number of aryl methyl sites for hydroxylation is 2. The van der Waals surface area contributed by atoms with Crippen LogP contribution in [0, 0.1) is 13.8 Å². The highest BCUT2D eigenvalue weighted by atomic mass is 16.5. The number of rotatable bonds is 4. The molecule has 5 heteroatoms. The van der Waals surface area contributed by atoms with Crippen LogP contribution in [0.5, 0.6) is 11.5 Å². The van der Waals surface area contributed by atoms with Gasteiger partial charge >= 0.3 is 6.09 Å². The van der Waals surface area contributed by atoms with Crippen LogP contribution in [0.25, 0.3) is 0 Å². The smallest absolute Gasteiger partial charge is 0.412 e. The number of benzene rings is 2. The van der Waals surface area contributed by atoms with Gasteiger partial charge in [-0.25, -0.2) is 4.79 Å². The summed E-state index contributed by atoms with van der Waals surface area (Å²) in [6.45, 7) is 3.86. The Hall–Kier alpha value is -2.82. The van der Waals surface area contributed by atoms with E-state index in [0.717, 1.165) is 28.1 Å². The van der Waals surface area contributed by atoms with Crippen LogP contribution >= 0.6 is 0 Å². The first-order valence-electron chi connectivity index (χ1n) is 7.23. The number of aliphatic imine (C=N–C) groups is 1. The highest BCUT2D eigenvalue weighted by Crippen LogP contribution is 2.29. The minimum atomic E-state index is -0.492. The molecule has 0 spiro atoms. The largest absolute Gasteiger partial charge is 0.496 e. The first-order valence-corrected chi connectivity index (χ1v) is 7.23. The first-order chi connectivity index (χ1) is 11.0. The third-order valence-electron chi connectivity index (χ3n) is 3.35. The van der Waals surface area contributed by atoms with Crippen molar-refractivity contribution in [2.45, 2.75) is 13.8 Å². The van der Waals surface area contributed by atoms with Crippen LogP contribution in [0.3, 0.4) is 0 Å². The fraction of sp³-hybridized carbons (Fsp3) is 0.222. The Morgan fingerprint density at radius 1 is 1.17 bits per heavy atom. The summed E-state index contributed by atoms with van der Waals surface area (Å²) in [6.07, 6.45) is 1.28. The van der Waals surface area contributed by atoms with E-state index in [9.17, 15) is 4.79 Å². The first kappa shape index (κ1) is 16.5. The van der Waals surface area contributed by atoms with Gasteiger partial charge in [0, 0.05) is 18.8 Å². The molecule has 0 saturated heterocycles. The summed E-state index contributed by atoms with van der Waals surface area (Å²) in [5.41, 5.74) is 3.60. The maximum Gasteiger partial charge on any atom is 0.412 e. The van der Waals surface area contributed by atoms with Crippen molar-refractivity contribution in [2.75, 3.05) is 14.2 Å². The van der Waals surface area contributed by atoms with Crippen LogP contribution in [0.2, 0.25) is 0 Å². The van der Waals surface area contributed by atoms with Gasteiger partial charge in [-0.05, 0) is 49.2 Å². The summed E-state index contributed by atoms with van der Waals surface area (Å²) < 4.78 is 10.5. The minimum Gasteiger partial charge on any atom is -0.496 e. The number of ether oxygens (including phenoxy) is 2. The SMILES string of the molecule is CNC(=O)Oc1cc(C)c(/N=C/c2ccccc2OC)c(C)c1. The average molecular weight is 312 g/mol. The van der Waals surface area contributed by atoms with Crippen LogP contribution in [0.1, 0.15) is 16.7 Å². The highest BCUT2D eigenvalue weighted by Gasteiger charge is 2.08. The number of hydrogen-bond acceptors (Lipinski definition) is 4. The van der Waals surface area contributed by atoms with Gasteiger partial charge in [0.25, 0.3) is 0 Å². The maximum atomic E-state index is 11.3. The molecule has 0 aliphatic carbocycles. The fourth-order valence-electron chi connectivity index (χ4n) is 2.24. The van der Waals surface area contributed by atoms with Crippen LogP contribution in [-0.4, -0.2) is 26.5 Å². The van der Waals surface area contributed by atoms with Crippen LogP contribution in [0.15, 0.2) is 41.4 Å². The van der Waals surface area contributed by atoms with Crippen molar-refractivity contribution < 1.29 is 14.3 Å². The lowest BCUT2D eigenvalue weighted by Crippen LogP contribution is -2.22. The molecule has 0 bridgehead atoms. The van der Waals surface area contributed by atoms with Crippen molar-refractivity contribution in [3.8, 4) is 11.5 Å². The van der Waals surface area contributed by atoms with Crippen molar-refractivity contribution in [1.29, 1.82) is 0 Å². The van der Waals surface area contributed by atoms with Gasteiger partial charge in [0.05, 0.1) is 12.8 Å². The zero-order valence-corrected chi connectivity index (χ0v) is 13.7. The molecular weight excluding hydrogens is 292 g/mol. The third kappa shape index (κ3) is 4.10. The second-order valence-corrected chi connectivity index (χ2v) is 5.05. The molecular formula is C18H20N2O3. The lowest BCUT2D eigenvalue weighted by atomic mass is 10.1. The van der Waals surface area contributed by atoms with Crippen molar-refractivity contribution in [1.82, 2.24) is 5.32 Å². The van der Waals surface area contributed by atoms with Crippen molar-refractivity contribution >= 4 is 18.0 Å². The van der Waals surface area contributed by atoms with E-state index in [4.69, 9.17) is 9.47 Å². The van der Waals surface area contributed by atoms with E-state index in [2.05, 4.69) is 10.3 Å². The molecule has 23 heavy (non-hydrogen) atoms. The van der Waals surface area contributed by atoms with E-state index in [1.54, 1.807) is 25.5 Å². The van der Waals surface area contributed by atoms with Gasteiger partial charge in [-0.1, -0.05) is 12.1 Å². The zero-order valence-electron chi connectivity index (χ0n) is 13.7. The molecule has 1 amide bonds. The van der Waals surface area contributed by atoms with Crippen LogP contribution in [0.4, 0.5) is 10.5 Å². The van der Waals surface area contributed by atoms with Gasteiger partial charge in [-0.15, -0.1) is 0 Å². The number of carbonyl (C=O) groups is 1. The van der Waals surface area contributed by atoms with Crippen molar-refractivity contribution in [3.63, 3.8) is 0 Å². The predicted octanol–water partition coefficient (Wildman–Crippen LogP) is 3.78. The Morgan fingerprint density at radius 3 is 2.43 bits per heavy atom. The topological polar surface area (TPSA) is 59.9 Å². The summed E-state index contributed by atoms with van der Waals surface area (Å²) in [5.74, 6) is 1.27. The lowest BCUT2D eigenvalue weighted by Gasteiger charge is -2.10. The Balaban J connectivity index is 2.30. The molecule has 0 fully saturated rings. The van der Waals surface area contributed by atoms with E-state index in [0.29, 0.717) is 5.75 Å². The number of methoxy groups -OCH3 is 1. The summed E-state index contributed by atoms with van der Waals surface area (Å²) in [4.78, 5) is 15.9. The standard InChI is InChI=1S/C18H20N2O3/c1-12-9-15(23-18(21)19-3)10-13(2)17(12)20-11-14-7-5-6-8-16(14)22-4/h5-11H,1-4H3,(H,19,21)/b20-11+. The molecule has 2 rings (SSSR count). The second-order valence-electron chi connectivity index (χ2n) is 5.05. The van der Waals surface area contributed by atoms with E-state index in [1.807, 2.05) is 38.1 Å². The van der Waals surface area contributed by atoms with Crippen molar-refractivity contribution in [3.05, 3.63) is 53.1 Å². The number of amides is 1. The van der Waals surface area contributed by atoms with Gasteiger partial charge in [-0.2, -0.15) is 0 Å². The quantitative estimate of drug-likeness (QED) is 0.874. The Bertz CT molecular complexity index is 716. The molecule has 1 N–H and O–H groups in total. The molecule has 0 aliphatic heterocycles. The minimum absolute atomic E-state index is 0.492. The molecule has 0 aliphatic rings. The molecule has 2 aromatic rings. The molecule has 0 atom stereocenters. The Morgan fingerprint density at radius 2 is 1.83 bits per heavy atom. The number of hydrogen-bond donors (Lipinski definition) is 1. The van der Waals surface area contributed by atoms with E-state index < -0.39 is 6.09 Å². The predicted molar refractivity (Wildman–Crippen MR) is 91.2 cm³/mol. The fourth-order valence-corrected chi connectivity index (χ4v) is 2.24. The summed E-state index contributed by atoms with van der Waals surface area (Å²) in [5, 5.41) is 2.42.